The first-order chi connectivity index (χ1) is 8.86. The van der Waals surface area contributed by atoms with Crippen LogP contribution in [-0.2, 0) is 4.74 Å². The Morgan fingerprint density at radius 2 is 2.28 bits per heavy atom. The summed E-state index contributed by atoms with van der Waals surface area (Å²) in [5.74, 6) is 3.61. The van der Waals surface area contributed by atoms with Crippen molar-refractivity contribution in [1.82, 2.24) is 9.88 Å². The van der Waals surface area contributed by atoms with Crippen molar-refractivity contribution in [3.63, 3.8) is 0 Å². The lowest BCUT2D eigenvalue weighted by Gasteiger charge is -2.44. The van der Waals surface area contributed by atoms with Gasteiger partial charge >= 0.3 is 0 Å². The van der Waals surface area contributed by atoms with Gasteiger partial charge in [0.25, 0.3) is 0 Å². The van der Waals surface area contributed by atoms with Gasteiger partial charge in [0.05, 0.1) is 19.3 Å². The highest BCUT2D eigenvalue weighted by Crippen LogP contribution is 2.19. The van der Waals surface area contributed by atoms with Gasteiger partial charge in [-0.15, -0.1) is 6.42 Å². The molecule has 0 N–H and O–H groups in total. The van der Waals surface area contributed by atoms with Crippen molar-refractivity contribution in [2.75, 3.05) is 44.3 Å². The first kappa shape index (κ1) is 11.5. The SMILES string of the molecule is C#Cc1ccc(N2CCN3CCOC[C@@H]3C2)nc1. The van der Waals surface area contributed by atoms with Gasteiger partial charge in [0.15, 0.2) is 0 Å². The Kier molecular flexibility index (Phi) is 3.18. The Labute approximate surface area is 108 Å². The van der Waals surface area contributed by atoms with Crippen LogP contribution >= 0.6 is 0 Å². The van der Waals surface area contributed by atoms with E-state index >= 15 is 0 Å². The molecule has 18 heavy (non-hydrogen) atoms. The monoisotopic (exact) mass is 243 g/mol. The molecule has 0 aliphatic carbocycles. The Bertz CT molecular complexity index is 451. The van der Waals surface area contributed by atoms with E-state index in [-0.39, 0.29) is 0 Å². The second-order valence-electron chi connectivity index (χ2n) is 4.76. The molecule has 0 aromatic carbocycles. The summed E-state index contributed by atoms with van der Waals surface area (Å²) in [6, 6.07) is 4.46. The van der Waals surface area contributed by atoms with Gasteiger partial charge in [-0.3, -0.25) is 4.90 Å². The van der Waals surface area contributed by atoms with E-state index in [1.54, 1.807) is 6.20 Å². The normalized spacial score (nSPS) is 24.4. The number of morpholine rings is 1. The Hall–Kier alpha value is -1.57. The second kappa shape index (κ2) is 4.97. The smallest absolute Gasteiger partial charge is 0.128 e. The van der Waals surface area contributed by atoms with Crippen molar-refractivity contribution < 1.29 is 4.74 Å². The van der Waals surface area contributed by atoms with Crippen LogP contribution in [0.25, 0.3) is 0 Å². The average molecular weight is 243 g/mol. The summed E-state index contributed by atoms with van der Waals surface area (Å²) in [7, 11) is 0. The van der Waals surface area contributed by atoms with Gasteiger partial charge in [-0.05, 0) is 12.1 Å². The minimum Gasteiger partial charge on any atom is -0.378 e. The number of nitrogens with zero attached hydrogens (tertiary/aromatic N) is 3. The predicted octanol–water partition coefficient (Wildman–Crippen LogP) is 0.584. The molecular formula is C14H17N3O. The molecule has 0 spiro atoms. The van der Waals surface area contributed by atoms with Gasteiger partial charge in [-0.2, -0.15) is 0 Å². The molecule has 0 amide bonds. The molecule has 0 radical (unpaired) electrons. The fraction of sp³-hybridized carbons (Fsp3) is 0.500. The molecule has 1 aromatic heterocycles. The fourth-order valence-electron chi connectivity index (χ4n) is 2.61. The van der Waals surface area contributed by atoms with Crippen LogP contribution in [-0.4, -0.2) is 55.3 Å². The zero-order chi connectivity index (χ0) is 12.4. The number of terminal acetylenes is 1. The minimum absolute atomic E-state index is 0.501. The van der Waals surface area contributed by atoms with Crippen LogP contribution in [0.15, 0.2) is 18.3 Å². The third-order valence-corrected chi connectivity index (χ3v) is 3.68. The maximum Gasteiger partial charge on any atom is 0.128 e. The fourth-order valence-corrected chi connectivity index (χ4v) is 2.61. The molecule has 3 heterocycles. The van der Waals surface area contributed by atoms with Crippen LogP contribution in [0.2, 0.25) is 0 Å². The lowest BCUT2D eigenvalue weighted by Crippen LogP contribution is -2.58. The molecule has 4 nitrogen and oxygen atoms in total. The number of hydrogen-bond acceptors (Lipinski definition) is 4. The van der Waals surface area contributed by atoms with Crippen molar-refractivity contribution in [3.05, 3.63) is 23.9 Å². The van der Waals surface area contributed by atoms with E-state index in [9.17, 15) is 0 Å². The standard InChI is InChI=1S/C14H17N3O/c1-2-12-3-4-14(15-9-12)17-6-5-16-7-8-18-11-13(16)10-17/h1,3-4,9,13H,5-8,10-11H2/t13-/m0/s1. The average Bonchev–Trinajstić information content (AvgIpc) is 2.47. The van der Waals surface area contributed by atoms with E-state index in [0.29, 0.717) is 6.04 Å². The molecular weight excluding hydrogens is 226 g/mol. The Morgan fingerprint density at radius 1 is 1.33 bits per heavy atom. The summed E-state index contributed by atoms with van der Waals surface area (Å²) in [6.45, 7) is 5.86. The minimum atomic E-state index is 0.501. The number of rotatable bonds is 1. The second-order valence-corrected chi connectivity index (χ2v) is 4.76. The predicted molar refractivity (Wildman–Crippen MR) is 70.6 cm³/mol. The third-order valence-electron chi connectivity index (χ3n) is 3.68. The molecule has 3 rings (SSSR count). The number of piperazine rings is 1. The number of aromatic nitrogens is 1. The maximum absolute atomic E-state index is 5.54. The van der Waals surface area contributed by atoms with Crippen molar-refractivity contribution in [3.8, 4) is 12.3 Å². The summed E-state index contributed by atoms with van der Waals surface area (Å²) in [5.41, 5.74) is 0.832. The van der Waals surface area contributed by atoms with Crippen molar-refractivity contribution >= 4 is 5.82 Å². The molecule has 1 atom stereocenters. The van der Waals surface area contributed by atoms with Gasteiger partial charge < -0.3 is 9.64 Å². The first-order valence-corrected chi connectivity index (χ1v) is 6.36. The third kappa shape index (κ3) is 2.20. The Balaban J connectivity index is 1.71. The number of anilines is 1. The zero-order valence-corrected chi connectivity index (χ0v) is 10.4. The Morgan fingerprint density at radius 3 is 3.06 bits per heavy atom. The molecule has 0 unspecified atom stereocenters. The van der Waals surface area contributed by atoms with E-state index < -0.39 is 0 Å². The highest BCUT2D eigenvalue weighted by molar-refractivity contribution is 5.43. The number of fused-ring (bicyclic) bond motifs is 1. The summed E-state index contributed by atoms with van der Waals surface area (Å²) in [6.07, 6.45) is 7.10. The molecule has 2 aliphatic heterocycles. The highest BCUT2D eigenvalue weighted by Gasteiger charge is 2.29. The van der Waals surface area contributed by atoms with E-state index in [1.165, 1.54) is 0 Å². The largest absolute Gasteiger partial charge is 0.378 e. The van der Waals surface area contributed by atoms with Gasteiger partial charge in [0, 0.05) is 37.9 Å². The van der Waals surface area contributed by atoms with E-state index in [2.05, 4.69) is 20.7 Å². The summed E-state index contributed by atoms with van der Waals surface area (Å²) in [4.78, 5) is 9.26. The van der Waals surface area contributed by atoms with Crippen LogP contribution < -0.4 is 4.90 Å². The summed E-state index contributed by atoms with van der Waals surface area (Å²) in [5, 5.41) is 0. The van der Waals surface area contributed by atoms with Crippen LogP contribution in [0.1, 0.15) is 5.56 Å². The number of pyridine rings is 1. The van der Waals surface area contributed by atoms with Crippen molar-refractivity contribution in [2.24, 2.45) is 0 Å². The number of ether oxygens (including phenoxy) is 1. The zero-order valence-electron chi connectivity index (χ0n) is 10.4. The molecule has 94 valence electrons. The topological polar surface area (TPSA) is 28.6 Å². The molecule has 2 aliphatic rings. The highest BCUT2D eigenvalue weighted by atomic mass is 16.5. The van der Waals surface area contributed by atoms with E-state index in [4.69, 9.17) is 11.2 Å². The summed E-state index contributed by atoms with van der Waals surface area (Å²) < 4.78 is 5.54. The van der Waals surface area contributed by atoms with Crippen LogP contribution in [0.4, 0.5) is 5.82 Å². The summed E-state index contributed by atoms with van der Waals surface area (Å²) >= 11 is 0. The van der Waals surface area contributed by atoms with Gasteiger partial charge in [0.2, 0.25) is 0 Å². The number of hydrogen-bond donors (Lipinski definition) is 0. The van der Waals surface area contributed by atoms with E-state index in [1.807, 2.05) is 12.1 Å². The molecule has 4 heteroatoms. The first-order valence-electron chi connectivity index (χ1n) is 6.36. The molecule has 2 saturated heterocycles. The lowest BCUT2D eigenvalue weighted by molar-refractivity contribution is -0.0117. The van der Waals surface area contributed by atoms with Crippen LogP contribution in [0, 0.1) is 12.3 Å². The quantitative estimate of drug-likeness (QED) is 0.675. The lowest BCUT2D eigenvalue weighted by atomic mass is 10.1. The molecule has 1 aromatic rings. The van der Waals surface area contributed by atoms with Crippen molar-refractivity contribution in [1.29, 1.82) is 0 Å². The molecule has 0 saturated carbocycles. The van der Waals surface area contributed by atoms with Gasteiger partial charge in [-0.25, -0.2) is 4.98 Å². The van der Waals surface area contributed by atoms with E-state index in [0.717, 1.165) is 50.8 Å². The van der Waals surface area contributed by atoms with Crippen molar-refractivity contribution in [2.45, 2.75) is 6.04 Å². The maximum atomic E-state index is 5.54. The van der Waals surface area contributed by atoms with Crippen LogP contribution in [0.5, 0.6) is 0 Å². The van der Waals surface area contributed by atoms with Gasteiger partial charge in [-0.1, -0.05) is 5.92 Å². The van der Waals surface area contributed by atoms with Crippen LogP contribution in [0.3, 0.4) is 0 Å². The van der Waals surface area contributed by atoms with Gasteiger partial charge in [0.1, 0.15) is 5.82 Å². The molecule has 0 bridgehead atoms. The molecule has 2 fully saturated rings.